The van der Waals surface area contributed by atoms with E-state index < -0.39 is 20.0 Å². The van der Waals surface area contributed by atoms with Gasteiger partial charge in [-0.2, -0.15) is 0 Å². The van der Waals surface area contributed by atoms with Gasteiger partial charge in [-0.15, -0.1) is 0 Å². The Hall–Kier alpha value is -2.84. The van der Waals surface area contributed by atoms with E-state index in [0.29, 0.717) is 23.9 Å². The van der Waals surface area contributed by atoms with Gasteiger partial charge in [-0.05, 0) is 89.9 Å². The Morgan fingerprint density at radius 1 is 0.443 bits per heavy atom. The normalized spacial score (nSPS) is 14.5. The monoisotopic (exact) mass is 1120 g/mol. The van der Waals surface area contributed by atoms with Gasteiger partial charge < -0.3 is 19.8 Å². The minimum atomic E-state index is -4.38. The van der Waals surface area contributed by atoms with Gasteiger partial charge in [0, 0.05) is 6.42 Å². The van der Waals surface area contributed by atoms with Crippen LogP contribution in [-0.4, -0.2) is 73.4 Å². The fourth-order valence-corrected chi connectivity index (χ4v) is 9.89. The van der Waals surface area contributed by atoms with E-state index in [1.54, 1.807) is 6.08 Å². The number of carbonyl (C=O) groups is 1. The Balaban J connectivity index is 4.23. The molecule has 79 heavy (non-hydrogen) atoms. The second kappa shape index (κ2) is 59.8. The molecule has 3 unspecified atom stereocenters. The summed E-state index contributed by atoms with van der Waals surface area (Å²) in [6.07, 6.45) is 88.0. The van der Waals surface area contributed by atoms with Crippen LogP contribution in [0.2, 0.25) is 0 Å². The van der Waals surface area contributed by atoms with Gasteiger partial charge in [-0.25, -0.2) is 4.57 Å². The molecule has 3 N–H and O–H groups in total. The summed E-state index contributed by atoms with van der Waals surface area (Å²) in [4.78, 5) is 23.3. The van der Waals surface area contributed by atoms with E-state index >= 15 is 0 Å². The molecule has 456 valence electrons. The molecule has 0 aromatic rings. The molecule has 0 aliphatic heterocycles. The second-order valence-corrected chi connectivity index (χ2v) is 24.6. The molecule has 9 heteroatoms. The van der Waals surface area contributed by atoms with Crippen molar-refractivity contribution in [3.05, 3.63) is 109 Å². The van der Waals surface area contributed by atoms with E-state index in [2.05, 4.69) is 116 Å². The summed E-state index contributed by atoms with van der Waals surface area (Å²) in [5.74, 6) is -0.220. The fourth-order valence-electron chi connectivity index (χ4n) is 9.16. The number of unbranched alkanes of at least 4 members (excludes halogenated alkanes) is 30. The predicted molar refractivity (Wildman–Crippen MR) is 345 cm³/mol. The van der Waals surface area contributed by atoms with Crippen LogP contribution in [0.15, 0.2) is 109 Å². The van der Waals surface area contributed by atoms with Crippen molar-refractivity contribution in [3.63, 3.8) is 0 Å². The van der Waals surface area contributed by atoms with E-state index in [0.717, 1.165) is 83.5 Å². The fraction of sp³-hybridized carbons (Fsp3) is 0.729. The predicted octanol–water partition coefficient (Wildman–Crippen LogP) is 20.7. The van der Waals surface area contributed by atoms with Gasteiger partial charge in [0.05, 0.1) is 39.9 Å². The first-order chi connectivity index (χ1) is 38.5. The molecule has 0 aromatic heterocycles. The van der Waals surface area contributed by atoms with E-state index in [9.17, 15) is 19.4 Å². The molecule has 0 radical (unpaired) electrons. The highest BCUT2D eigenvalue weighted by Gasteiger charge is 2.27. The second-order valence-electron chi connectivity index (χ2n) is 23.1. The van der Waals surface area contributed by atoms with Crippen LogP contribution in [0.5, 0.6) is 0 Å². The summed E-state index contributed by atoms with van der Waals surface area (Å²) in [5.41, 5.74) is 0. The molecule has 0 saturated carbocycles. The Labute approximate surface area is 489 Å². The number of allylic oxidation sites excluding steroid dienone is 17. The third-order valence-electron chi connectivity index (χ3n) is 14.2. The van der Waals surface area contributed by atoms with Gasteiger partial charge in [0.1, 0.15) is 13.2 Å². The number of nitrogens with one attached hydrogen (secondary N) is 1. The largest absolute Gasteiger partial charge is 0.472 e. The standard InChI is InChI=1S/C70H125N2O6P/c1-6-8-10-12-14-16-18-20-22-24-26-28-30-32-33-34-35-36-37-38-40-41-43-45-47-49-51-53-55-57-59-61-63-69(73)68(67-78-79(75,76)77-66-65-72(3,4)5)71-70(74)64-62-60-58-56-54-52-50-48-46-44-42-39-31-29-27-25-23-21-19-17-15-13-11-9-7-2/h9,11,15,17,21,23,27,29,39,42,46,48,52-55,61,63,68-69,73H,6-8,10,12-14,16,18-20,22,24-26,28,30-38,40-41,43-45,47,49-51,56-60,62,64-67H2,1-5H3,(H-,71,74,75,76)/p+1/b11-9-,17-15-,23-21-,29-27-,42-39-,48-46-,54-52-,55-53+,63-61+. The minimum Gasteiger partial charge on any atom is -0.387 e. The molecule has 8 nitrogen and oxygen atoms in total. The molecule has 0 spiro atoms. The van der Waals surface area contributed by atoms with Crippen molar-refractivity contribution in [1.82, 2.24) is 5.32 Å². The van der Waals surface area contributed by atoms with Gasteiger partial charge in [-0.1, -0.05) is 290 Å². The van der Waals surface area contributed by atoms with Crippen LogP contribution < -0.4 is 5.32 Å². The average Bonchev–Trinajstić information content (AvgIpc) is 3.42. The Morgan fingerprint density at radius 3 is 1.16 bits per heavy atom. The summed E-state index contributed by atoms with van der Waals surface area (Å²) < 4.78 is 23.7. The zero-order valence-corrected chi connectivity index (χ0v) is 53.0. The van der Waals surface area contributed by atoms with Crippen molar-refractivity contribution in [3.8, 4) is 0 Å². The highest BCUT2D eigenvalue weighted by Crippen LogP contribution is 2.43. The molecule has 0 aromatic carbocycles. The van der Waals surface area contributed by atoms with E-state index in [-0.39, 0.29) is 19.1 Å². The van der Waals surface area contributed by atoms with Crippen molar-refractivity contribution in [1.29, 1.82) is 0 Å². The zero-order valence-electron chi connectivity index (χ0n) is 52.1. The Morgan fingerprint density at radius 2 is 0.772 bits per heavy atom. The maximum absolute atomic E-state index is 13.0. The van der Waals surface area contributed by atoms with Gasteiger partial charge in [0.15, 0.2) is 0 Å². The molecular weight excluding hydrogens is 996 g/mol. The van der Waals surface area contributed by atoms with Gasteiger partial charge in [0.2, 0.25) is 5.91 Å². The number of hydrogen-bond acceptors (Lipinski definition) is 5. The van der Waals surface area contributed by atoms with E-state index in [4.69, 9.17) is 9.05 Å². The van der Waals surface area contributed by atoms with Gasteiger partial charge >= 0.3 is 7.82 Å². The first kappa shape index (κ1) is 76.2. The lowest BCUT2D eigenvalue weighted by atomic mass is 10.0. The van der Waals surface area contributed by atoms with Crippen LogP contribution in [0.25, 0.3) is 0 Å². The van der Waals surface area contributed by atoms with Gasteiger partial charge in [-0.3, -0.25) is 13.8 Å². The van der Waals surface area contributed by atoms with Gasteiger partial charge in [0.25, 0.3) is 0 Å². The number of phosphoric acid groups is 1. The number of aliphatic hydroxyl groups is 1. The molecule has 0 saturated heterocycles. The lowest BCUT2D eigenvalue weighted by molar-refractivity contribution is -0.870. The van der Waals surface area contributed by atoms with Crippen LogP contribution in [0.3, 0.4) is 0 Å². The Kier molecular flexibility index (Phi) is 57.6. The highest BCUT2D eigenvalue weighted by molar-refractivity contribution is 7.47. The summed E-state index contributed by atoms with van der Waals surface area (Å²) in [6.45, 7) is 4.67. The number of carbonyl (C=O) groups excluding carboxylic acids is 1. The molecule has 0 bridgehead atoms. The first-order valence-corrected chi connectivity index (χ1v) is 34.3. The number of phosphoric ester groups is 1. The lowest BCUT2D eigenvalue weighted by Crippen LogP contribution is -2.45. The third-order valence-corrected chi connectivity index (χ3v) is 15.2. The molecule has 1 amide bonds. The van der Waals surface area contributed by atoms with Crippen LogP contribution in [0.4, 0.5) is 0 Å². The number of aliphatic hydroxyl groups excluding tert-OH is 1. The molecule has 0 heterocycles. The van der Waals surface area contributed by atoms with Crippen molar-refractivity contribution in [2.45, 2.75) is 289 Å². The van der Waals surface area contributed by atoms with Crippen LogP contribution in [0.1, 0.15) is 277 Å². The number of quaternary nitrogens is 1. The third kappa shape index (κ3) is 62.6. The SMILES string of the molecule is CC/C=C\C/C=C\C/C=C\C/C=C\C/C=C\C/C=C\C/C=C\CCCCCC(=O)NC(COP(=O)(O)OCC[N+](C)(C)C)C(O)/C=C/CC/C=C/CCCCCCCCCCCCCCCCCCCCCCCCCCCC. The van der Waals surface area contributed by atoms with E-state index in [1.165, 1.54) is 167 Å². The lowest BCUT2D eigenvalue weighted by Gasteiger charge is -2.25. The molecule has 0 aliphatic carbocycles. The number of nitrogens with zero attached hydrogens (tertiary/aromatic N) is 1. The quantitative estimate of drug-likeness (QED) is 0.0243. The molecular formula is C70H126N2O6P+. The minimum absolute atomic E-state index is 0.0433. The molecule has 0 aliphatic rings. The van der Waals surface area contributed by atoms with Crippen LogP contribution in [0, 0.1) is 0 Å². The summed E-state index contributed by atoms with van der Waals surface area (Å²) >= 11 is 0. The van der Waals surface area contributed by atoms with Crippen LogP contribution in [-0.2, 0) is 18.4 Å². The summed E-state index contributed by atoms with van der Waals surface area (Å²) in [5, 5.41) is 13.9. The van der Waals surface area contributed by atoms with Crippen LogP contribution >= 0.6 is 7.82 Å². The average molecular weight is 1120 g/mol. The van der Waals surface area contributed by atoms with Crippen molar-refractivity contribution < 1.29 is 32.9 Å². The number of hydrogen-bond donors (Lipinski definition) is 3. The number of rotatable bonds is 59. The zero-order chi connectivity index (χ0) is 57.7. The summed E-state index contributed by atoms with van der Waals surface area (Å²) in [7, 11) is 1.52. The summed E-state index contributed by atoms with van der Waals surface area (Å²) in [6, 6.07) is -0.892. The number of amides is 1. The Bertz CT molecular complexity index is 1650. The molecule has 0 fully saturated rings. The first-order valence-electron chi connectivity index (χ1n) is 32.8. The highest BCUT2D eigenvalue weighted by atomic mass is 31.2. The molecule has 0 rings (SSSR count). The van der Waals surface area contributed by atoms with Crippen molar-refractivity contribution >= 4 is 13.7 Å². The van der Waals surface area contributed by atoms with Crippen molar-refractivity contribution in [2.24, 2.45) is 0 Å². The maximum atomic E-state index is 13.0. The van der Waals surface area contributed by atoms with Crippen molar-refractivity contribution in [2.75, 3.05) is 40.9 Å². The topological polar surface area (TPSA) is 105 Å². The van der Waals surface area contributed by atoms with E-state index in [1.807, 2.05) is 27.2 Å². The smallest absolute Gasteiger partial charge is 0.387 e. The maximum Gasteiger partial charge on any atom is 0.472 e. The number of likely N-dealkylation sites (N-methyl/N-ethyl adjacent to an activating group) is 1. The molecule has 3 atom stereocenters.